The molecule has 0 saturated heterocycles. The number of quaternary nitrogens is 2. The van der Waals surface area contributed by atoms with E-state index in [0.717, 1.165) is 17.8 Å². The predicted molar refractivity (Wildman–Crippen MR) is 148 cm³/mol. The first-order valence-electron chi connectivity index (χ1n) is 15.1. The van der Waals surface area contributed by atoms with Crippen LogP contribution >= 0.6 is 0 Å². The molecule has 0 atom stereocenters. The summed E-state index contributed by atoms with van der Waals surface area (Å²) in [5.74, 6) is 0. The fraction of sp³-hybridized carbons (Fsp3) is 1.00. The number of hydroxylamine groups is 3. The summed E-state index contributed by atoms with van der Waals surface area (Å²) in [5, 5.41) is 0. The summed E-state index contributed by atoms with van der Waals surface area (Å²) in [7, 11) is 9.29. The molecule has 3 nitrogen and oxygen atoms in total. The molecule has 0 aromatic carbocycles. The van der Waals surface area contributed by atoms with E-state index >= 15 is 0 Å². The van der Waals surface area contributed by atoms with Gasteiger partial charge in [-0.3, -0.25) is 0 Å². The highest BCUT2D eigenvalue weighted by atomic mass is 79.9. The lowest BCUT2D eigenvalue weighted by Gasteiger charge is -2.30. The Morgan fingerprint density at radius 3 is 1.11 bits per heavy atom. The number of hydrogen-bond donors (Lipinski definition) is 0. The van der Waals surface area contributed by atoms with Crippen molar-refractivity contribution in [1.82, 2.24) is 0 Å². The van der Waals surface area contributed by atoms with E-state index in [0.29, 0.717) is 0 Å². The highest BCUT2D eigenvalue weighted by Crippen LogP contribution is 2.13. The molecular weight excluding hydrogens is 564 g/mol. The smallest absolute Gasteiger partial charge is 0.108 e. The Morgan fingerprint density at radius 2 is 0.714 bits per heavy atom. The summed E-state index contributed by atoms with van der Waals surface area (Å²) < 4.78 is 1.90. The van der Waals surface area contributed by atoms with Crippen molar-refractivity contribution in [3.63, 3.8) is 0 Å². The highest BCUT2D eigenvalue weighted by Gasteiger charge is 2.17. The Morgan fingerprint density at radius 1 is 0.400 bits per heavy atom. The van der Waals surface area contributed by atoms with Crippen LogP contribution in [0.5, 0.6) is 0 Å². The van der Waals surface area contributed by atoms with Crippen molar-refractivity contribution in [2.24, 2.45) is 0 Å². The van der Waals surface area contributed by atoms with E-state index in [1.54, 1.807) is 0 Å². The van der Waals surface area contributed by atoms with E-state index in [-0.39, 0.29) is 34.0 Å². The Balaban J connectivity index is -0.00000512. The molecule has 0 bridgehead atoms. The van der Waals surface area contributed by atoms with Crippen molar-refractivity contribution in [2.45, 2.75) is 142 Å². The van der Waals surface area contributed by atoms with Crippen LogP contribution in [0.4, 0.5) is 0 Å². The molecule has 0 unspecified atom stereocenters. The van der Waals surface area contributed by atoms with E-state index < -0.39 is 0 Å². The lowest BCUT2D eigenvalue weighted by Crippen LogP contribution is -3.00. The first-order valence-corrected chi connectivity index (χ1v) is 15.1. The van der Waals surface area contributed by atoms with E-state index in [4.69, 9.17) is 4.84 Å². The molecule has 0 aromatic rings. The average molecular weight is 631 g/mol. The zero-order chi connectivity index (χ0) is 24.7. The van der Waals surface area contributed by atoms with E-state index in [1.165, 1.54) is 146 Å². The molecule has 0 radical (unpaired) electrons. The van der Waals surface area contributed by atoms with Crippen LogP contribution in [0.3, 0.4) is 0 Å². The van der Waals surface area contributed by atoms with Gasteiger partial charge < -0.3 is 38.4 Å². The summed E-state index contributed by atoms with van der Waals surface area (Å²) in [6.45, 7) is 9.26. The molecule has 0 saturated carbocycles. The second-order valence-electron chi connectivity index (χ2n) is 11.9. The van der Waals surface area contributed by atoms with Gasteiger partial charge in [0.15, 0.2) is 0 Å². The van der Waals surface area contributed by atoms with Crippen molar-refractivity contribution in [1.29, 1.82) is 0 Å². The first kappa shape index (κ1) is 40.3. The lowest BCUT2D eigenvalue weighted by atomic mass is 10.1. The molecule has 0 N–H and O–H groups in total. The van der Waals surface area contributed by atoms with Crippen LogP contribution < -0.4 is 34.0 Å². The minimum absolute atomic E-state index is 0. The van der Waals surface area contributed by atoms with Gasteiger partial charge in [0.25, 0.3) is 0 Å². The van der Waals surface area contributed by atoms with E-state index in [9.17, 15) is 0 Å². The van der Waals surface area contributed by atoms with Crippen molar-refractivity contribution in [3.05, 3.63) is 0 Å². The van der Waals surface area contributed by atoms with Crippen LogP contribution in [0.15, 0.2) is 0 Å². The second-order valence-corrected chi connectivity index (χ2v) is 11.9. The second kappa shape index (κ2) is 27.9. The molecule has 0 heterocycles. The van der Waals surface area contributed by atoms with Gasteiger partial charge in [-0.15, -0.1) is 0 Å². The maximum Gasteiger partial charge on any atom is 0.108 e. The number of rotatable bonds is 26. The molecule has 0 aliphatic rings. The van der Waals surface area contributed by atoms with Gasteiger partial charge in [0.1, 0.15) is 13.2 Å². The third kappa shape index (κ3) is 31.0. The Hall–Kier alpha value is 0.840. The Kier molecular flexibility index (Phi) is 32.1. The predicted octanol–water partition coefficient (Wildman–Crippen LogP) is 2.92. The summed E-state index contributed by atoms with van der Waals surface area (Å²) in [6.07, 6.45) is 27.8. The summed E-state index contributed by atoms with van der Waals surface area (Å²) in [6, 6.07) is 0. The summed E-state index contributed by atoms with van der Waals surface area (Å²) in [4.78, 5) is 6.21. The molecule has 0 fully saturated rings. The van der Waals surface area contributed by atoms with Crippen LogP contribution in [-0.2, 0) is 4.84 Å². The molecule has 0 spiro atoms. The van der Waals surface area contributed by atoms with Crippen LogP contribution in [0, 0.1) is 0 Å². The van der Waals surface area contributed by atoms with Gasteiger partial charge in [-0.1, -0.05) is 104 Å². The van der Waals surface area contributed by atoms with E-state index in [2.05, 4.69) is 42.0 Å². The van der Waals surface area contributed by atoms with Gasteiger partial charge >= 0.3 is 0 Å². The number of hydrogen-bond acceptors (Lipinski definition) is 1. The van der Waals surface area contributed by atoms with Crippen LogP contribution in [0.2, 0.25) is 0 Å². The van der Waals surface area contributed by atoms with Crippen LogP contribution in [-0.4, -0.2) is 63.6 Å². The largest absolute Gasteiger partial charge is 1.00 e. The Bertz CT molecular complexity index is 370. The maximum absolute atomic E-state index is 6.21. The standard InChI is InChI=1S/C30H66N2O.2BrH/c1-7-9-11-13-15-17-19-21-23-27-31(3,4)28-25-26-30-33-32(5,6)29-24-22-20-18-16-14-12-10-8-2;;/h7-30H2,1-6H3;2*1H/q+2;;/p-2. The van der Waals surface area contributed by atoms with Crippen LogP contribution in [0.1, 0.15) is 142 Å². The third-order valence-corrected chi connectivity index (χ3v) is 7.27. The van der Waals surface area contributed by atoms with Crippen molar-refractivity contribution < 1.29 is 47.9 Å². The molecule has 0 amide bonds. The number of halogens is 2. The lowest BCUT2D eigenvalue weighted by molar-refractivity contribution is -1.08. The maximum atomic E-state index is 6.21. The summed E-state index contributed by atoms with van der Waals surface area (Å²) >= 11 is 0. The zero-order valence-corrected chi connectivity index (χ0v) is 28.2. The fourth-order valence-corrected chi connectivity index (χ4v) is 4.78. The minimum atomic E-state index is 0. The van der Waals surface area contributed by atoms with Gasteiger partial charge in [0.2, 0.25) is 0 Å². The van der Waals surface area contributed by atoms with Crippen molar-refractivity contribution >= 4 is 0 Å². The molecule has 0 aliphatic heterocycles. The van der Waals surface area contributed by atoms with Crippen molar-refractivity contribution in [2.75, 3.05) is 54.4 Å². The quantitative estimate of drug-likeness (QED) is 0.0812. The summed E-state index contributed by atoms with van der Waals surface area (Å²) in [5.41, 5.74) is 0. The fourth-order valence-electron chi connectivity index (χ4n) is 4.78. The molecule has 5 heteroatoms. The average Bonchev–Trinajstić information content (AvgIpc) is 2.76. The number of unbranched alkanes of at least 4 members (excludes halogenated alkanes) is 17. The van der Waals surface area contributed by atoms with Gasteiger partial charge in [-0.05, 0) is 38.5 Å². The highest BCUT2D eigenvalue weighted by molar-refractivity contribution is 4.48. The van der Waals surface area contributed by atoms with Gasteiger partial charge in [-0.2, -0.15) is 4.65 Å². The first-order chi connectivity index (χ1) is 15.8. The zero-order valence-electron chi connectivity index (χ0n) is 25.0. The van der Waals surface area contributed by atoms with Crippen molar-refractivity contribution in [3.8, 4) is 0 Å². The molecule has 216 valence electrons. The molecule has 0 aromatic heterocycles. The SMILES string of the molecule is CCCCCCCCCCC[N+](C)(C)CCCCO[N+](C)(C)CCCCCCCCCCC.[Br-].[Br-]. The van der Waals surface area contributed by atoms with E-state index in [1.807, 2.05) is 0 Å². The third-order valence-electron chi connectivity index (χ3n) is 7.27. The number of nitrogens with zero attached hydrogens (tertiary/aromatic N) is 2. The van der Waals surface area contributed by atoms with Crippen LogP contribution in [0.25, 0.3) is 0 Å². The Labute approximate surface area is 243 Å². The molecular formula is C30H66Br2N2O. The minimum Gasteiger partial charge on any atom is -1.00 e. The normalized spacial score (nSPS) is 11.8. The topological polar surface area (TPSA) is 9.23 Å². The molecule has 35 heavy (non-hydrogen) atoms. The monoisotopic (exact) mass is 628 g/mol. The van der Waals surface area contributed by atoms with Gasteiger partial charge in [-0.25, -0.2) is 4.84 Å². The van der Waals surface area contributed by atoms with Gasteiger partial charge in [0.05, 0.1) is 41.3 Å². The molecule has 0 aliphatic carbocycles. The van der Waals surface area contributed by atoms with Gasteiger partial charge in [0, 0.05) is 0 Å². The molecule has 0 rings (SSSR count).